The number of ether oxygens (including phenoxy) is 3. The largest absolute Gasteiger partial charge is 0.495 e. The van der Waals surface area contributed by atoms with Gasteiger partial charge in [-0.3, -0.25) is 14.4 Å². The van der Waals surface area contributed by atoms with Gasteiger partial charge in [0.1, 0.15) is 22.6 Å². The molecule has 55 heavy (non-hydrogen) atoms. The first-order valence-corrected chi connectivity index (χ1v) is 19.7. The molecule has 0 spiro atoms. The number of alkyl halides is 4. The van der Waals surface area contributed by atoms with Crippen LogP contribution in [0.15, 0.2) is 51.0 Å². The number of aromatic amines is 1. The summed E-state index contributed by atoms with van der Waals surface area (Å²) in [6.45, 7) is 11.2. The molecule has 1 aromatic heterocycles. The standard InChI is InChI=1S/C35H38Cl2F2N4O7S.C2H6.CH3Cl/c1-34(2,3)50-33(47)43-17-23(18-43)20-7-8-24(36)27(13-20)51-28-14-29(35(37,38)39)40-31(45)30(28)32(46)42-15-21-11-25(26(49-5)12-22(21)16-42)41(19-44)9-6-10-48-4;2*1-2/h7-8,11-14,19,23H,6,9-10,15-18H2,1-5H3,(H,40,45);1-2H3;1H3. The van der Waals surface area contributed by atoms with Crippen molar-refractivity contribution in [2.75, 3.05) is 51.7 Å². The SMILES string of the molecule is CC.CCl.COCCCN(C=O)c1cc2c(cc1OC)CN(C(=O)c1c(Sc3cc(C4CN(C(=O)OC(C)(C)C)C4)ccc3Cl)cc(C(F)(F)Cl)[nH]c1=O)C2. The first kappa shape index (κ1) is 45.8. The highest BCUT2D eigenvalue weighted by Gasteiger charge is 2.37. The van der Waals surface area contributed by atoms with E-state index in [4.69, 9.17) is 37.4 Å². The molecule has 3 heterocycles. The molecule has 3 amide bonds. The molecule has 0 aliphatic carbocycles. The van der Waals surface area contributed by atoms with E-state index >= 15 is 0 Å². The van der Waals surface area contributed by atoms with Gasteiger partial charge in [-0.1, -0.05) is 43.3 Å². The number of carbonyl (C=O) groups is 3. The Bertz CT molecular complexity index is 1880. The van der Waals surface area contributed by atoms with E-state index in [0.717, 1.165) is 34.5 Å². The molecule has 0 radical (unpaired) electrons. The number of nitrogens with one attached hydrogen (secondary N) is 1. The number of halogens is 5. The number of amides is 3. The van der Waals surface area contributed by atoms with E-state index in [0.29, 0.717) is 55.4 Å². The molecule has 17 heteroatoms. The number of benzene rings is 2. The second kappa shape index (κ2) is 20.0. The Kier molecular flexibility index (Phi) is 16.7. The number of aromatic nitrogens is 1. The Labute approximate surface area is 339 Å². The molecular weight excluding hydrogens is 801 g/mol. The number of hydrogen-bond acceptors (Lipinski definition) is 8. The van der Waals surface area contributed by atoms with Crippen molar-refractivity contribution >= 4 is 70.7 Å². The van der Waals surface area contributed by atoms with Gasteiger partial charge in [0.2, 0.25) is 6.41 Å². The van der Waals surface area contributed by atoms with Crippen LogP contribution in [-0.2, 0) is 32.7 Å². The van der Waals surface area contributed by atoms with Gasteiger partial charge in [0.05, 0.1) is 17.8 Å². The van der Waals surface area contributed by atoms with E-state index in [1.807, 2.05) is 13.8 Å². The lowest BCUT2D eigenvalue weighted by atomic mass is 9.92. The zero-order chi connectivity index (χ0) is 41.2. The van der Waals surface area contributed by atoms with Crippen molar-refractivity contribution in [3.8, 4) is 5.75 Å². The highest BCUT2D eigenvalue weighted by molar-refractivity contribution is 7.99. The van der Waals surface area contributed by atoms with Crippen LogP contribution in [-0.4, -0.2) is 85.6 Å². The fraction of sp³-hybridized carbons (Fsp3) is 0.474. The van der Waals surface area contributed by atoms with Crippen molar-refractivity contribution in [1.29, 1.82) is 0 Å². The van der Waals surface area contributed by atoms with Gasteiger partial charge in [-0.25, -0.2) is 4.79 Å². The number of pyridine rings is 1. The Morgan fingerprint density at radius 1 is 1.02 bits per heavy atom. The minimum atomic E-state index is -3.93. The smallest absolute Gasteiger partial charge is 0.410 e. The predicted molar refractivity (Wildman–Crippen MR) is 213 cm³/mol. The Morgan fingerprint density at radius 3 is 2.22 bits per heavy atom. The third-order valence-electron chi connectivity index (χ3n) is 8.39. The number of methoxy groups -OCH3 is 2. The van der Waals surface area contributed by atoms with Crippen LogP contribution in [0.5, 0.6) is 5.75 Å². The fourth-order valence-electron chi connectivity index (χ4n) is 5.82. The van der Waals surface area contributed by atoms with Gasteiger partial charge in [-0.2, -0.15) is 8.78 Å². The molecule has 1 N–H and O–H groups in total. The topological polar surface area (TPSA) is 121 Å². The van der Waals surface area contributed by atoms with Crippen LogP contribution in [0.4, 0.5) is 19.3 Å². The van der Waals surface area contributed by atoms with E-state index in [1.54, 1.807) is 63.1 Å². The van der Waals surface area contributed by atoms with E-state index in [-0.39, 0.29) is 34.5 Å². The summed E-state index contributed by atoms with van der Waals surface area (Å²) in [4.78, 5) is 58.9. The molecule has 2 aromatic carbocycles. The third-order valence-corrected chi connectivity index (χ3v) is 10.1. The lowest BCUT2D eigenvalue weighted by Gasteiger charge is -2.40. The molecule has 2 aliphatic rings. The summed E-state index contributed by atoms with van der Waals surface area (Å²) in [5, 5.41) is -3.66. The zero-order valence-electron chi connectivity index (χ0n) is 32.1. The van der Waals surface area contributed by atoms with Gasteiger partial charge in [0.15, 0.2) is 0 Å². The molecule has 1 fully saturated rings. The summed E-state index contributed by atoms with van der Waals surface area (Å²) in [5.74, 6) is -0.325. The fourth-order valence-corrected chi connectivity index (χ4v) is 7.21. The number of hydrogen-bond donors (Lipinski definition) is 1. The Morgan fingerprint density at radius 2 is 1.65 bits per heavy atom. The minimum absolute atomic E-state index is 0.0442. The highest BCUT2D eigenvalue weighted by Crippen LogP contribution is 2.42. The zero-order valence-corrected chi connectivity index (χ0v) is 35.2. The van der Waals surface area contributed by atoms with E-state index in [1.165, 1.54) is 23.3 Å². The molecule has 302 valence electrons. The van der Waals surface area contributed by atoms with E-state index in [2.05, 4.69) is 16.6 Å². The lowest BCUT2D eigenvalue weighted by molar-refractivity contribution is -0.107. The summed E-state index contributed by atoms with van der Waals surface area (Å²) < 4.78 is 44.8. The predicted octanol–water partition coefficient (Wildman–Crippen LogP) is 8.85. The van der Waals surface area contributed by atoms with Crippen molar-refractivity contribution < 1.29 is 37.4 Å². The molecule has 0 unspecified atom stereocenters. The summed E-state index contributed by atoms with van der Waals surface area (Å²) in [6.07, 6.45) is 2.32. The van der Waals surface area contributed by atoms with E-state index in [9.17, 15) is 28.0 Å². The molecule has 5 rings (SSSR count). The summed E-state index contributed by atoms with van der Waals surface area (Å²) in [7, 11) is 3.04. The minimum Gasteiger partial charge on any atom is -0.495 e. The van der Waals surface area contributed by atoms with Crippen molar-refractivity contribution in [3.63, 3.8) is 0 Å². The number of likely N-dealkylation sites (tertiary alicyclic amines) is 1. The monoisotopic (exact) mass is 846 g/mol. The molecule has 1 saturated heterocycles. The average molecular weight is 848 g/mol. The normalized spacial score (nSPS) is 13.8. The van der Waals surface area contributed by atoms with Crippen LogP contribution in [0.1, 0.15) is 79.7 Å². The number of carbonyl (C=O) groups excluding carboxylic acids is 3. The van der Waals surface area contributed by atoms with Gasteiger partial charge in [0, 0.05) is 68.5 Å². The van der Waals surface area contributed by atoms with Crippen molar-refractivity contribution in [1.82, 2.24) is 14.8 Å². The molecular formula is C38H47Cl3F2N4O7S. The van der Waals surface area contributed by atoms with Crippen LogP contribution in [0, 0.1) is 0 Å². The van der Waals surface area contributed by atoms with Crippen molar-refractivity contribution in [3.05, 3.63) is 79.7 Å². The maximum Gasteiger partial charge on any atom is 0.410 e. The van der Waals surface area contributed by atoms with Crippen LogP contribution in [0.3, 0.4) is 0 Å². The second-order valence-electron chi connectivity index (χ2n) is 13.2. The van der Waals surface area contributed by atoms with Gasteiger partial charge in [-0.15, -0.1) is 11.6 Å². The van der Waals surface area contributed by atoms with Gasteiger partial charge >= 0.3 is 11.5 Å². The summed E-state index contributed by atoms with van der Waals surface area (Å²) >= 11 is 17.4. The van der Waals surface area contributed by atoms with Crippen molar-refractivity contribution in [2.24, 2.45) is 0 Å². The highest BCUT2D eigenvalue weighted by atomic mass is 35.5. The van der Waals surface area contributed by atoms with Gasteiger partial charge in [0.25, 0.3) is 11.5 Å². The third kappa shape index (κ3) is 11.5. The lowest BCUT2D eigenvalue weighted by Crippen LogP contribution is -2.50. The Balaban J connectivity index is 0.00000196. The van der Waals surface area contributed by atoms with Crippen LogP contribution < -0.4 is 15.2 Å². The number of nitrogens with zero attached hydrogens (tertiary/aromatic N) is 3. The maximum atomic E-state index is 14.3. The second-order valence-corrected chi connectivity index (χ2v) is 15.2. The molecule has 3 aromatic rings. The number of fused-ring (bicyclic) bond motifs is 1. The van der Waals surface area contributed by atoms with Crippen molar-refractivity contribution in [2.45, 2.75) is 80.8 Å². The summed E-state index contributed by atoms with van der Waals surface area (Å²) in [6, 6.07) is 9.67. The van der Waals surface area contributed by atoms with Crippen LogP contribution >= 0.6 is 46.6 Å². The average Bonchev–Trinajstić information content (AvgIpc) is 3.54. The molecule has 0 saturated carbocycles. The van der Waals surface area contributed by atoms with Gasteiger partial charge < -0.3 is 33.9 Å². The number of rotatable bonds is 12. The quantitative estimate of drug-likeness (QED) is 0.109. The van der Waals surface area contributed by atoms with E-state index < -0.39 is 34.2 Å². The number of anilines is 1. The first-order chi connectivity index (χ1) is 26.0. The molecule has 2 aliphatic heterocycles. The van der Waals surface area contributed by atoms with Gasteiger partial charge in [-0.05, 0) is 85.8 Å². The van der Waals surface area contributed by atoms with Crippen LogP contribution in [0.2, 0.25) is 5.02 Å². The number of H-pyrrole nitrogens is 1. The first-order valence-electron chi connectivity index (χ1n) is 17.4. The Hall–Kier alpha value is -3.56. The van der Waals surface area contributed by atoms with Crippen LogP contribution in [0.25, 0.3) is 0 Å². The summed E-state index contributed by atoms with van der Waals surface area (Å²) in [5.41, 5.74) is -0.124. The molecule has 0 atom stereocenters. The molecule has 0 bridgehead atoms. The molecule has 11 nitrogen and oxygen atoms in total. The maximum absolute atomic E-state index is 14.3.